The molecular weight excluding hydrogens is 712 g/mol. The highest BCUT2D eigenvalue weighted by Gasteiger charge is 2.38. The molecule has 12 nitrogen and oxygen atoms in total. The van der Waals surface area contributed by atoms with Crippen LogP contribution in [0.25, 0.3) is 10.9 Å². The molecule has 3 aromatic rings. The van der Waals surface area contributed by atoms with E-state index in [9.17, 15) is 28.0 Å². The van der Waals surface area contributed by atoms with Crippen molar-refractivity contribution in [1.29, 1.82) is 0 Å². The maximum atomic E-state index is 14.4. The minimum absolute atomic E-state index is 0.0574. The summed E-state index contributed by atoms with van der Waals surface area (Å²) in [7, 11) is 1.49. The lowest BCUT2D eigenvalue weighted by molar-refractivity contribution is -0.140. The van der Waals surface area contributed by atoms with Gasteiger partial charge in [0.25, 0.3) is 5.91 Å². The van der Waals surface area contributed by atoms with Crippen molar-refractivity contribution in [2.24, 2.45) is 5.92 Å². The summed E-state index contributed by atoms with van der Waals surface area (Å²) in [5.74, 6) is -3.07. The molecule has 0 bridgehead atoms. The van der Waals surface area contributed by atoms with Crippen molar-refractivity contribution in [2.45, 2.75) is 90.6 Å². The molecular formula is C41H55F2N5O7. The van der Waals surface area contributed by atoms with Gasteiger partial charge in [-0.3, -0.25) is 19.3 Å². The lowest BCUT2D eigenvalue weighted by Crippen LogP contribution is -2.59. The van der Waals surface area contributed by atoms with Crippen molar-refractivity contribution >= 4 is 34.7 Å². The molecule has 5 rings (SSSR count). The predicted octanol–water partition coefficient (Wildman–Crippen LogP) is 5.76. The minimum Gasteiger partial charge on any atom is -0.444 e. The van der Waals surface area contributed by atoms with Crippen molar-refractivity contribution < 1.29 is 42.2 Å². The fourth-order valence-corrected chi connectivity index (χ4v) is 7.09. The number of rotatable bonds is 14. The number of nitrogens with one attached hydrogen (secondary N) is 1. The van der Waals surface area contributed by atoms with Crippen LogP contribution in [0.15, 0.2) is 48.5 Å². The van der Waals surface area contributed by atoms with Gasteiger partial charge in [0.05, 0.1) is 31.9 Å². The number of nitrogens with zero attached hydrogens (tertiary/aromatic N) is 4. The lowest BCUT2D eigenvalue weighted by Gasteiger charge is -2.39. The minimum atomic E-state index is -1.02. The van der Waals surface area contributed by atoms with Gasteiger partial charge in [-0.1, -0.05) is 49.6 Å². The van der Waals surface area contributed by atoms with Crippen molar-refractivity contribution in [2.75, 3.05) is 53.0 Å². The summed E-state index contributed by atoms with van der Waals surface area (Å²) in [6.45, 7) is 9.35. The number of aromatic nitrogens is 1. The third-order valence-corrected chi connectivity index (χ3v) is 10.3. The Hall–Kier alpha value is -4.56. The van der Waals surface area contributed by atoms with Crippen LogP contribution in [0.3, 0.4) is 0 Å². The highest BCUT2D eigenvalue weighted by Crippen LogP contribution is 2.29. The Morgan fingerprint density at radius 2 is 1.51 bits per heavy atom. The maximum Gasteiger partial charge on any atom is 0.410 e. The average Bonchev–Trinajstić information content (AvgIpc) is 3.51. The first-order valence-corrected chi connectivity index (χ1v) is 19.3. The molecule has 300 valence electrons. The topological polar surface area (TPSA) is 123 Å². The average molecular weight is 768 g/mol. The first kappa shape index (κ1) is 41.6. The third-order valence-electron chi connectivity index (χ3n) is 10.3. The van der Waals surface area contributed by atoms with Gasteiger partial charge >= 0.3 is 6.09 Å². The van der Waals surface area contributed by atoms with Gasteiger partial charge in [0.15, 0.2) is 11.6 Å². The molecule has 2 atom stereocenters. The molecule has 1 N–H and O–H groups in total. The molecule has 2 aliphatic rings. The highest BCUT2D eigenvalue weighted by atomic mass is 19.2. The van der Waals surface area contributed by atoms with Gasteiger partial charge in [-0.25, -0.2) is 13.6 Å². The van der Waals surface area contributed by atoms with Crippen molar-refractivity contribution in [3.05, 3.63) is 71.4 Å². The number of hydrogen-bond donors (Lipinski definition) is 1. The number of fused-ring (bicyclic) bond motifs is 1. The van der Waals surface area contributed by atoms with Gasteiger partial charge in [0, 0.05) is 51.2 Å². The lowest BCUT2D eigenvalue weighted by atomic mass is 9.83. The molecule has 0 unspecified atom stereocenters. The number of amides is 4. The second kappa shape index (κ2) is 18.9. The van der Waals surface area contributed by atoms with E-state index < -0.39 is 41.3 Å². The Labute approximate surface area is 322 Å². The summed E-state index contributed by atoms with van der Waals surface area (Å²) >= 11 is 0. The number of likely N-dealkylation sites (N-methyl/N-ethyl adjacent to an activating group) is 1. The number of carbonyl (C=O) groups is 4. The molecule has 1 saturated carbocycles. The molecule has 1 aromatic heterocycles. The summed E-state index contributed by atoms with van der Waals surface area (Å²) in [6.07, 6.45) is 3.92. The van der Waals surface area contributed by atoms with Gasteiger partial charge in [-0.2, -0.15) is 0 Å². The van der Waals surface area contributed by atoms with E-state index in [0.29, 0.717) is 30.7 Å². The number of benzene rings is 2. The molecule has 0 radical (unpaired) electrons. The van der Waals surface area contributed by atoms with Gasteiger partial charge < -0.3 is 33.9 Å². The van der Waals surface area contributed by atoms with Crippen LogP contribution in [0.4, 0.5) is 13.6 Å². The highest BCUT2D eigenvalue weighted by molar-refractivity contribution is 5.99. The van der Waals surface area contributed by atoms with E-state index in [4.69, 9.17) is 14.2 Å². The zero-order valence-electron chi connectivity index (χ0n) is 32.7. The van der Waals surface area contributed by atoms with E-state index in [1.807, 2.05) is 30.3 Å². The molecule has 0 spiro atoms. The molecule has 14 heteroatoms. The van der Waals surface area contributed by atoms with E-state index >= 15 is 0 Å². The van der Waals surface area contributed by atoms with Crippen LogP contribution in [0, 0.1) is 17.6 Å². The molecule has 2 aromatic carbocycles. The predicted molar refractivity (Wildman–Crippen MR) is 203 cm³/mol. The standard InChI is InChI=1S/C41H55F2N5O7/c1-28(45(5)40(52)55-41(2,3)4)37(49)44-36(30-14-10-7-11-15-30)39(51)47-18-16-46(17-19-47)38(50)35-25-31-24-32(42)33(43)26-34(31)48(35)20-21-53-22-23-54-27-29-12-8-6-9-13-29/h6,8-9,12-13,24-26,28,30,36H,7,10-11,14-23,27H2,1-5H3,(H,44,49)/t28-,36-/m0/s1. The molecule has 1 aliphatic heterocycles. The number of halogens is 2. The normalized spacial score (nSPS) is 16.5. The smallest absolute Gasteiger partial charge is 0.410 e. The largest absolute Gasteiger partial charge is 0.444 e. The van der Waals surface area contributed by atoms with Gasteiger partial charge in [-0.15, -0.1) is 0 Å². The van der Waals surface area contributed by atoms with Crippen molar-refractivity contribution in [3.63, 3.8) is 0 Å². The maximum absolute atomic E-state index is 14.4. The fraction of sp³-hybridized carbons (Fsp3) is 0.561. The summed E-state index contributed by atoms with van der Waals surface area (Å²) < 4.78 is 47.2. The van der Waals surface area contributed by atoms with Crippen LogP contribution in [0.2, 0.25) is 0 Å². The van der Waals surface area contributed by atoms with E-state index in [1.165, 1.54) is 11.9 Å². The number of piperazine rings is 1. The van der Waals surface area contributed by atoms with Crippen LogP contribution in [-0.4, -0.2) is 114 Å². The summed E-state index contributed by atoms with van der Waals surface area (Å²) in [4.78, 5) is 58.8. The Balaban J connectivity index is 1.21. The number of carbonyl (C=O) groups excluding carboxylic acids is 4. The van der Waals surface area contributed by atoms with Crippen LogP contribution in [0.5, 0.6) is 0 Å². The van der Waals surface area contributed by atoms with E-state index in [-0.39, 0.29) is 62.8 Å². The van der Waals surface area contributed by atoms with Crippen LogP contribution < -0.4 is 5.32 Å². The van der Waals surface area contributed by atoms with E-state index in [0.717, 1.165) is 49.8 Å². The molecule has 1 aliphatic carbocycles. The Morgan fingerprint density at radius 3 is 2.18 bits per heavy atom. The van der Waals surface area contributed by atoms with Gasteiger partial charge in [-0.05, 0) is 64.2 Å². The van der Waals surface area contributed by atoms with Gasteiger partial charge in [0.2, 0.25) is 11.8 Å². The quantitative estimate of drug-likeness (QED) is 0.207. The number of hydrogen-bond acceptors (Lipinski definition) is 7. The summed E-state index contributed by atoms with van der Waals surface area (Å²) in [5, 5.41) is 3.36. The summed E-state index contributed by atoms with van der Waals surface area (Å²) in [5.41, 5.74) is 0.955. The first-order valence-electron chi connectivity index (χ1n) is 19.3. The van der Waals surface area contributed by atoms with Crippen LogP contribution in [-0.2, 0) is 37.0 Å². The van der Waals surface area contributed by atoms with Crippen LogP contribution in [0.1, 0.15) is 75.9 Å². The Bertz CT molecular complexity index is 1780. The SMILES string of the molecule is C[C@@H](C(=O)N[C@H](C(=O)N1CCN(C(=O)c2cc3cc(F)c(F)cc3n2CCOCCOCc2ccccc2)CC1)C1CCCCC1)N(C)C(=O)OC(C)(C)C. The van der Waals surface area contributed by atoms with Gasteiger partial charge in [0.1, 0.15) is 23.4 Å². The van der Waals surface area contributed by atoms with E-state index in [1.54, 1.807) is 48.1 Å². The number of ether oxygens (including phenoxy) is 3. The second-order valence-electron chi connectivity index (χ2n) is 15.4. The van der Waals surface area contributed by atoms with E-state index in [2.05, 4.69) is 5.32 Å². The second-order valence-corrected chi connectivity index (χ2v) is 15.4. The van der Waals surface area contributed by atoms with Crippen LogP contribution >= 0.6 is 0 Å². The van der Waals surface area contributed by atoms with Crippen molar-refractivity contribution in [1.82, 2.24) is 24.6 Å². The molecule has 1 saturated heterocycles. The first-order chi connectivity index (χ1) is 26.2. The Morgan fingerprint density at radius 1 is 0.873 bits per heavy atom. The molecule has 55 heavy (non-hydrogen) atoms. The molecule has 2 heterocycles. The molecule has 4 amide bonds. The molecule has 2 fully saturated rings. The monoisotopic (exact) mass is 767 g/mol. The summed E-state index contributed by atoms with van der Waals surface area (Å²) in [6, 6.07) is 11.8. The zero-order chi connectivity index (χ0) is 39.7. The Kier molecular flexibility index (Phi) is 14.3. The zero-order valence-corrected chi connectivity index (χ0v) is 32.7. The van der Waals surface area contributed by atoms with Crippen molar-refractivity contribution in [3.8, 4) is 0 Å². The third kappa shape index (κ3) is 11.0. The fourth-order valence-electron chi connectivity index (χ4n) is 7.09.